The smallest absolute Gasteiger partial charge is 0.00792 e. The van der Waals surface area contributed by atoms with Crippen LogP contribution in [0, 0.1) is 5.92 Å². The van der Waals surface area contributed by atoms with Crippen LogP contribution in [0.2, 0.25) is 0 Å². The maximum atomic E-state index is 3.49. The Bertz CT molecular complexity index is 87.3. The van der Waals surface area contributed by atoms with Gasteiger partial charge in [0.25, 0.3) is 0 Å². The Morgan fingerprint density at radius 3 is 2.50 bits per heavy atom. The maximum absolute atomic E-state index is 3.49. The van der Waals surface area contributed by atoms with Crippen LogP contribution in [0.15, 0.2) is 0 Å². The van der Waals surface area contributed by atoms with Crippen molar-refractivity contribution in [3.63, 3.8) is 0 Å². The van der Waals surface area contributed by atoms with Crippen molar-refractivity contribution in [1.29, 1.82) is 0 Å². The van der Waals surface area contributed by atoms with Crippen molar-refractivity contribution in [2.75, 3.05) is 20.1 Å². The molecule has 0 amide bonds. The Hall–Kier alpha value is -0.0800. The van der Waals surface area contributed by atoms with E-state index in [0.717, 1.165) is 25.0 Å². The van der Waals surface area contributed by atoms with Crippen LogP contribution in [0.25, 0.3) is 0 Å². The summed E-state index contributed by atoms with van der Waals surface area (Å²) in [5, 5.41) is 6.61. The second-order valence-electron chi connectivity index (χ2n) is 3.33. The topological polar surface area (TPSA) is 24.1 Å². The molecule has 0 radical (unpaired) electrons. The van der Waals surface area contributed by atoms with E-state index in [0.29, 0.717) is 0 Å². The summed E-state index contributed by atoms with van der Waals surface area (Å²) in [6.45, 7) is 4.52. The Morgan fingerprint density at radius 1 is 1.30 bits per heavy atom. The van der Waals surface area contributed by atoms with Gasteiger partial charge in [-0.05, 0) is 25.8 Å². The molecule has 2 heteroatoms. The highest BCUT2D eigenvalue weighted by Crippen LogP contribution is 2.25. The first kappa shape index (κ1) is 8.02. The summed E-state index contributed by atoms with van der Waals surface area (Å²) in [4.78, 5) is 0. The van der Waals surface area contributed by atoms with Crippen LogP contribution in [0.3, 0.4) is 0 Å². The summed E-state index contributed by atoms with van der Waals surface area (Å²) < 4.78 is 0. The van der Waals surface area contributed by atoms with Gasteiger partial charge in [0.05, 0.1) is 0 Å². The Kier molecular flexibility index (Phi) is 3.16. The highest BCUT2D eigenvalue weighted by molar-refractivity contribution is 4.81. The van der Waals surface area contributed by atoms with Gasteiger partial charge in [-0.15, -0.1) is 0 Å². The standard InChI is InChI=1S/C8H18N2/c1-7-5-8(6-7)10-4-3-9-2/h7-10H,3-6H2,1-2H3. The molecular formula is C8H18N2. The first-order chi connectivity index (χ1) is 4.83. The molecule has 10 heavy (non-hydrogen) atoms. The van der Waals surface area contributed by atoms with Crippen LogP contribution in [-0.4, -0.2) is 26.2 Å². The Morgan fingerprint density at radius 2 is 2.00 bits per heavy atom. The molecule has 1 aliphatic carbocycles. The lowest BCUT2D eigenvalue weighted by Gasteiger charge is -2.33. The molecule has 0 saturated heterocycles. The van der Waals surface area contributed by atoms with Crippen LogP contribution in [0.4, 0.5) is 0 Å². The number of hydrogen-bond donors (Lipinski definition) is 2. The molecule has 0 spiro atoms. The van der Waals surface area contributed by atoms with Crippen molar-refractivity contribution >= 4 is 0 Å². The minimum atomic E-state index is 0.823. The summed E-state index contributed by atoms with van der Waals surface area (Å²) in [5.41, 5.74) is 0. The lowest BCUT2D eigenvalue weighted by Crippen LogP contribution is -2.42. The van der Waals surface area contributed by atoms with Crippen LogP contribution < -0.4 is 10.6 Å². The average molecular weight is 142 g/mol. The highest BCUT2D eigenvalue weighted by atomic mass is 15.0. The fraction of sp³-hybridized carbons (Fsp3) is 1.00. The van der Waals surface area contributed by atoms with Crippen molar-refractivity contribution in [2.24, 2.45) is 5.92 Å². The summed E-state index contributed by atoms with van der Waals surface area (Å²) in [6.07, 6.45) is 2.76. The van der Waals surface area contributed by atoms with Gasteiger partial charge in [-0.3, -0.25) is 0 Å². The second kappa shape index (κ2) is 3.94. The zero-order chi connectivity index (χ0) is 7.40. The number of hydrogen-bond acceptors (Lipinski definition) is 2. The summed E-state index contributed by atoms with van der Waals surface area (Å²) in [5.74, 6) is 0.965. The molecule has 0 aliphatic heterocycles. The first-order valence-electron chi connectivity index (χ1n) is 4.21. The first-order valence-corrected chi connectivity index (χ1v) is 4.21. The molecule has 1 fully saturated rings. The molecule has 2 nitrogen and oxygen atoms in total. The molecule has 0 aromatic heterocycles. The molecule has 1 rings (SSSR count). The summed E-state index contributed by atoms with van der Waals surface area (Å²) >= 11 is 0. The lowest BCUT2D eigenvalue weighted by molar-refractivity contribution is 0.243. The molecule has 60 valence electrons. The van der Waals surface area contributed by atoms with Gasteiger partial charge in [-0.1, -0.05) is 6.92 Å². The third kappa shape index (κ3) is 2.27. The van der Waals surface area contributed by atoms with Crippen molar-refractivity contribution in [3.8, 4) is 0 Å². The fourth-order valence-corrected chi connectivity index (χ4v) is 1.47. The zero-order valence-electron chi connectivity index (χ0n) is 6.98. The Balaban J connectivity index is 1.86. The van der Waals surface area contributed by atoms with E-state index in [-0.39, 0.29) is 0 Å². The number of likely N-dealkylation sites (N-methyl/N-ethyl adjacent to an activating group) is 1. The van der Waals surface area contributed by atoms with Gasteiger partial charge in [0.1, 0.15) is 0 Å². The van der Waals surface area contributed by atoms with Crippen molar-refractivity contribution in [3.05, 3.63) is 0 Å². The minimum Gasteiger partial charge on any atom is -0.318 e. The van der Waals surface area contributed by atoms with Gasteiger partial charge in [0.15, 0.2) is 0 Å². The molecule has 0 unspecified atom stereocenters. The molecule has 2 N–H and O–H groups in total. The van der Waals surface area contributed by atoms with E-state index in [4.69, 9.17) is 0 Å². The summed E-state index contributed by atoms with van der Waals surface area (Å²) in [6, 6.07) is 0.823. The van der Waals surface area contributed by atoms with E-state index in [1.54, 1.807) is 0 Å². The SMILES string of the molecule is CNCCNC1CC(C)C1. The third-order valence-electron chi connectivity index (χ3n) is 2.18. The Labute approximate surface area is 63.4 Å². The summed E-state index contributed by atoms with van der Waals surface area (Å²) in [7, 11) is 1.99. The van der Waals surface area contributed by atoms with Gasteiger partial charge < -0.3 is 10.6 Å². The minimum absolute atomic E-state index is 0.823. The molecule has 0 atom stereocenters. The fourth-order valence-electron chi connectivity index (χ4n) is 1.47. The lowest BCUT2D eigenvalue weighted by atomic mass is 9.82. The van der Waals surface area contributed by atoms with Gasteiger partial charge in [0, 0.05) is 19.1 Å². The van der Waals surface area contributed by atoms with Gasteiger partial charge >= 0.3 is 0 Å². The van der Waals surface area contributed by atoms with E-state index in [1.807, 2.05) is 7.05 Å². The molecule has 1 saturated carbocycles. The van der Waals surface area contributed by atoms with Crippen molar-refractivity contribution in [2.45, 2.75) is 25.8 Å². The predicted octanol–water partition coefficient (Wildman–Crippen LogP) is 0.594. The van der Waals surface area contributed by atoms with Crippen LogP contribution in [0.5, 0.6) is 0 Å². The molecule has 0 aromatic carbocycles. The van der Waals surface area contributed by atoms with E-state index < -0.39 is 0 Å². The third-order valence-corrected chi connectivity index (χ3v) is 2.18. The maximum Gasteiger partial charge on any atom is 0.00792 e. The normalized spacial score (nSPS) is 31.8. The van der Waals surface area contributed by atoms with Gasteiger partial charge in [0.2, 0.25) is 0 Å². The second-order valence-corrected chi connectivity index (χ2v) is 3.33. The molecule has 0 aromatic rings. The monoisotopic (exact) mass is 142 g/mol. The van der Waals surface area contributed by atoms with Crippen LogP contribution in [-0.2, 0) is 0 Å². The van der Waals surface area contributed by atoms with E-state index in [1.165, 1.54) is 12.8 Å². The quantitative estimate of drug-likeness (QED) is 0.561. The van der Waals surface area contributed by atoms with Gasteiger partial charge in [-0.25, -0.2) is 0 Å². The highest BCUT2D eigenvalue weighted by Gasteiger charge is 2.23. The largest absolute Gasteiger partial charge is 0.318 e. The van der Waals surface area contributed by atoms with Crippen LogP contribution in [0.1, 0.15) is 19.8 Å². The van der Waals surface area contributed by atoms with E-state index in [9.17, 15) is 0 Å². The molecular weight excluding hydrogens is 124 g/mol. The number of nitrogens with one attached hydrogen (secondary N) is 2. The number of rotatable bonds is 4. The van der Waals surface area contributed by atoms with E-state index in [2.05, 4.69) is 17.6 Å². The average Bonchev–Trinajstić information content (AvgIpc) is 1.85. The van der Waals surface area contributed by atoms with E-state index >= 15 is 0 Å². The van der Waals surface area contributed by atoms with Crippen molar-refractivity contribution < 1.29 is 0 Å². The molecule has 0 bridgehead atoms. The molecule has 0 heterocycles. The predicted molar refractivity (Wildman–Crippen MR) is 44.1 cm³/mol. The zero-order valence-corrected chi connectivity index (χ0v) is 6.98. The van der Waals surface area contributed by atoms with Crippen molar-refractivity contribution in [1.82, 2.24) is 10.6 Å². The van der Waals surface area contributed by atoms with Gasteiger partial charge in [-0.2, -0.15) is 0 Å². The van der Waals surface area contributed by atoms with Crippen LogP contribution >= 0.6 is 0 Å². The molecule has 1 aliphatic rings.